The first-order valence-corrected chi connectivity index (χ1v) is 9.95. The SMILES string of the molecule is CCOc1ccc(OCC(=O)NCCNS(=O)(=O)c2c(C)n[nH]c2C)cc1. The molecule has 0 aliphatic heterocycles. The third-order valence-corrected chi connectivity index (χ3v) is 5.30. The molecule has 1 heterocycles. The average molecular weight is 396 g/mol. The fourth-order valence-corrected chi connectivity index (χ4v) is 3.79. The Morgan fingerprint density at radius 3 is 2.30 bits per heavy atom. The van der Waals surface area contributed by atoms with Gasteiger partial charge in [-0.15, -0.1) is 0 Å². The molecule has 0 aliphatic carbocycles. The van der Waals surface area contributed by atoms with Crippen LogP contribution < -0.4 is 19.5 Å². The van der Waals surface area contributed by atoms with E-state index in [1.54, 1.807) is 38.1 Å². The lowest BCUT2D eigenvalue weighted by molar-refractivity contribution is -0.123. The number of nitrogens with one attached hydrogen (secondary N) is 3. The normalized spacial score (nSPS) is 11.2. The van der Waals surface area contributed by atoms with Crippen molar-refractivity contribution in [3.05, 3.63) is 35.7 Å². The van der Waals surface area contributed by atoms with Crippen LogP contribution in [0.4, 0.5) is 0 Å². The highest BCUT2D eigenvalue weighted by Crippen LogP contribution is 2.17. The van der Waals surface area contributed by atoms with E-state index >= 15 is 0 Å². The summed E-state index contributed by atoms with van der Waals surface area (Å²) in [4.78, 5) is 11.9. The molecule has 0 radical (unpaired) electrons. The molecule has 9 nitrogen and oxygen atoms in total. The molecule has 2 aromatic rings. The molecule has 1 aromatic heterocycles. The van der Waals surface area contributed by atoms with Gasteiger partial charge in [0.25, 0.3) is 5.91 Å². The Balaban J connectivity index is 1.71. The van der Waals surface area contributed by atoms with Crippen molar-refractivity contribution >= 4 is 15.9 Å². The highest BCUT2D eigenvalue weighted by atomic mass is 32.2. The Morgan fingerprint density at radius 1 is 1.11 bits per heavy atom. The minimum Gasteiger partial charge on any atom is -0.494 e. The highest BCUT2D eigenvalue weighted by molar-refractivity contribution is 7.89. The maximum atomic E-state index is 12.2. The summed E-state index contributed by atoms with van der Waals surface area (Å²) in [5.74, 6) is 0.920. The number of hydrogen-bond donors (Lipinski definition) is 3. The number of H-pyrrole nitrogens is 1. The number of aromatic nitrogens is 2. The molecule has 27 heavy (non-hydrogen) atoms. The summed E-state index contributed by atoms with van der Waals surface area (Å²) in [6.45, 7) is 5.74. The van der Waals surface area contributed by atoms with Gasteiger partial charge in [-0.3, -0.25) is 9.89 Å². The molecule has 148 valence electrons. The van der Waals surface area contributed by atoms with E-state index in [2.05, 4.69) is 20.2 Å². The standard InChI is InChI=1S/C17H24N4O5S/c1-4-25-14-5-7-15(8-6-14)26-11-16(22)18-9-10-19-27(23,24)17-12(2)20-21-13(17)3/h5-8,19H,4,9-11H2,1-3H3,(H,18,22)(H,20,21). The van der Waals surface area contributed by atoms with Crippen molar-refractivity contribution in [2.24, 2.45) is 0 Å². The van der Waals surface area contributed by atoms with Crippen LogP contribution in [0.25, 0.3) is 0 Å². The zero-order valence-corrected chi connectivity index (χ0v) is 16.4. The Labute approximate surface area is 158 Å². The van der Waals surface area contributed by atoms with E-state index in [1.807, 2.05) is 6.92 Å². The van der Waals surface area contributed by atoms with Gasteiger partial charge in [-0.25, -0.2) is 13.1 Å². The third-order valence-electron chi connectivity index (χ3n) is 3.57. The van der Waals surface area contributed by atoms with Gasteiger partial charge >= 0.3 is 0 Å². The van der Waals surface area contributed by atoms with Crippen LogP contribution in [0.2, 0.25) is 0 Å². The van der Waals surface area contributed by atoms with Gasteiger partial charge in [0, 0.05) is 13.1 Å². The summed E-state index contributed by atoms with van der Waals surface area (Å²) in [7, 11) is -3.68. The summed E-state index contributed by atoms with van der Waals surface area (Å²) in [5, 5.41) is 9.09. The van der Waals surface area contributed by atoms with E-state index < -0.39 is 10.0 Å². The Bertz CT molecular complexity index is 842. The van der Waals surface area contributed by atoms with Gasteiger partial charge in [0.15, 0.2) is 6.61 Å². The smallest absolute Gasteiger partial charge is 0.257 e. The fraction of sp³-hybridized carbons (Fsp3) is 0.412. The summed E-state index contributed by atoms with van der Waals surface area (Å²) in [6, 6.07) is 6.93. The zero-order chi connectivity index (χ0) is 19.9. The van der Waals surface area contributed by atoms with E-state index in [-0.39, 0.29) is 30.5 Å². The molecule has 10 heteroatoms. The Morgan fingerprint density at radius 2 is 1.74 bits per heavy atom. The largest absolute Gasteiger partial charge is 0.494 e. The second kappa shape index (κ2) is 9.38. The van der Waals surface area contributed by atoms with E-state index in [9.17, 15) is 13.2 Å². The predicted molar refractivity (Wildman–Crippen MR) is 99.4 cm³/mol. The van der Waals surface area contributed by atoms with E-state index in [0.29, 0.717) is 23.7 Å². The predicted octanol–water partition coefficient (Wildman–Crippen LogP) is 0.899. The van der Waals surface area contributed by atoms with Crippen LogP contribution in [0.1, 0.15) is 18.3 Å². The zero-order valence-electron chi connectivity index (χ0n) is 15.5. The van der Waals surface area contributed by atoms with Gasteiger partial charge in [-0.1, -0.05) is 0 Å². The summed E-state index contributed by atoms with van der Waals surface area (Å²) < 4.78 is 37.6. The summed E-state index contributed by atoms with van der Waals surface area (Å²) in [6.07, 6.45) is 0. The maximum absolute atomic E-state index is 12.2. The first-order chi connectivity index (χ1) is 12.8. The van der Waals surface area contributed by atoms with Crippen LogP contribution in [0.5, 0.6) is 11.5 Å². The van der Waals surface area contributed by atoms with Gasteiger partial charge in [0.2, 0.25) is 10.0 Å². The molecule has 0 saturated heterocycles. The average Bonchev–Trinajstić information content (AvgIpc) is 2.97. The van der Waals surface area contributed by atoms with Crippen LogP contribution in [0.15, 0.2) is 29.2 Å². The minimum atomic E-state index is -3.68. The molecule has 2 rings (SSSR count). The first-order valence-electron chi connectivity index (χ1n) is 8.47. The van der Waals surface area contributed by atoms with Crippen molar-refractivity contribution in [3.63, 3.8) is 0 Å². The summed E-state index contributed by atoms with van der Waals surface area (Å²) >= 11 is 0. The third kappa shape index (κ3) is 5.97. The summed E-state index contributed by atoms with van der Waals surface area (Å²) in [5.41, 5.74) is 0.862. The van der Waals surface area contributed by atoms with E-state index in [0.717, 1.165) is 5.75 Å². The van der Waals surface area contributed by atoms with Crippen LogP contribution in [-0.2, 0) is 14.8 Å². The van der Waals surface area contributed by atoms with E-state index in [1.165, 1.54) is 0 Å². The lowest BCUT2D eigenvalue weighted by Gasteiger charge is -2.10. The van der Waals surface area contributed by atoms with Crippen molar-refractivity contribution in [2.45, 2.75) is 25.7 Å². The lowest BCUT2D eigenvalue weighted by Crippen LogP contribution is -2.37. The molecule has 3 N–H and O–H groups in total. The molecule has 0 spiro atoms. The van der Waals surface area contributed by atoms with Crippen LogP contribution in [0.3, 0.4) is 0 Å². The van der Waals surface area contributed by atoms with Crippen molar-refractivity contribution in [1.82, 2.24) is 20.2 Å². The molecule has 1 amide bonds. The number of sulfonamides is 1. The number of nitrogens with zero attached hydrogens (tertiary/aromatic N) is 1. The van der Waals surface area contributed by atoms with Crippen molar-refractivity contribution in [2.75, 3.05) is 26.3 Å². The number of benzene rings is 1. The van der Waals surface area contributed by atoms with Crippen LogP contribution >= 0.6 is 0 Å². The number of aryl methyl sites for hydroxylation is 2. The number of amides is 1. The monoisotopic (exact) mass is 396 g/mol. The molecular formula is C17H24N4O5S. The van der Waals surface area contributed by atoms with Crippen molar-refractivity contribution < 1.29 is 22.7 Å². The van der Waals surface area contributed by atoms with Gasteiger partial charge in [0.1, 0.15) is 16.4 Å². The number of carbonyl (C=O) groups excluding carboxylic acids is 1. The minimum absolute atomic E-state index is 0.0567. The maximum Gasteiger partial charge on any atom is 0.257 e. The van der Waals surface area contributed by atoms with Crippen molar-refractivity contribution in [3.8, 4) is 11.5 Å². The number of rotatable bonds is 10. The molecule has 0 aliphatic rings. The molecular weight excluding hydrogens is 372 g/mol. The molecule has 0 fully saturated rings. The van der Waals surface area contributed by atoms with Crippen LogP contribution in [-0.4, -0.2) is 50.8 Å². The van der Waals surface area contributed by atoms with Crippen molar-refractivity contribution in [1.29, 1.82) is 0 Å². The Kier molecular flexibility index (Phi) is 7.19. The number of carbonyl (C=O) groups is 1. The number of ether oxygens (including phenoxy) is 2. The van der Waals surface area contributed by atoms with Gasteiger partial charge < -0.3 is 14.8 Å². The second-order valence-corrected chi connectivity index (χ2v) is 7.41. The highest BCUT2D eigenvalue weighted by Gasteiger charge is 2.21. The van der Waals surface area contributed by atoms with Gasteiger partial charge in [-0.2, -0.15) is 5.10 Å². The van der Waals surface area contributed by atoms with Gasteiger partial charge in [-0.05, 0) is 45.0 Å². The fourth-order valence-electron chi connectivity index (χ4n) is 2.39. The Hall–Kier alpha value is -2.59. The van der Waals surface area contributed by atoms with E-state index in [4.69, 9.17) is 9.47 Å². The lowest BCUT2D eigenvalue weighted by atomic mass is 10.3. The topological polar surface area (TPSA) is 122 Å². The molecule has 1 aromatic carbocycles. The van der Waals surface area contributed by atoms with Crippen LogP contribution in [0, 0.1) is 13.8 Å². The second-order valence-electron chi connectivity index (χ2n) is 5.70. The quantitative estimate of drug-likeness (QED) is 0.513. The molecule has 0 unspecified atom stereocenters. The molecule has 0 bridgehead atoms. The first kappa shape index (κ1) is 20.7. The number of hydrogen-bond acceptors (Lipinski definition) is 6. The number of aromatic amines is 1. The molecule has 0 atom stereocenters. The molecule has 0 saturated carbocycles. The van der Waals surface area contributed by atoms with Gasteiger partial charge in [0.05, 0.1) is 18.0 Å².